The summed E-state index contributed by atoms with van der Waals surface area (Å²) in [7, 11) is 1.77. The van der Waals surface area contributed by atoms with Gasteiger partial charge >= 0.3 is 0 Å². The van der Waals surface area contributed by atoms with Gasteiger partial charge in [0.25, 0.3) is 0 Å². The second-order valence-electron chi connectivity index (χ2n) is 5.33. The number of rotatable bonds is 3. The van der Waals surface area contributed by atoms with Crippen LogP contribution in [0, 0.1) is 5.92 Å². The van der Waals surface area contributed by atoms with Gasteiger partial charge < -0.3 is 10.2 Å². The number of nitrogens with one attached hydrogen (secondary N) is 1. The van der Waals surface area contributed by atoms with Crippen molar-refractivity contribution in [2.75, 3.05) is 12.4 Å². The topological polar surface area (TPSA) is 62.3 Å². The summed E-state index contributed by atoms with van der Waals surface area (Å²) in [6.07, 6.45) is 2.61. The number of anilines is 1. The smallest absolute Gasteiger partial charge is 0.231 e. The average Bonchev–Trinajstić information content (AvgIpc) is 3.03. The van der Waals surface area contributed by atoms with Crippen molar-refractivity contribution in [3.8, 4) is 0 Å². The Morgan fingerprint density at radius 2 is 2.14 bits per heavy atom. The summed E-state index contributed by atoms with van der Waals surface area (Å²) in [5, 5.41) is 5.27. The molecule has 1 aromatic heterocycles. The van der Waals surface area contributed by atoms with Crippen LogP contribution >= 0.6 is 11.3 Å². The first-order valence-electron chi connectivity index (χ1n) is 7.18. The Kier molecular flexibility index (Phi) is 4.20. The van der Waals surface area contributed by atoms with Crippen molar-refractivity contribution in [1.29, 1.82) is 0 Å². The molecule has 1 saturated heterocycles. The van der Waals surface area contributed by atoms with E-state index in [0.29, 0.717) is 18.0 Å². The molecule has 0 unspecified atom stereocenters. The van der Waals surface area contributed by atoms with E-state index in [9.17, 15) is 9.59 Å². The standard InChI is InChI=1S/C16H17N3O2S/c1-19-13(20)8-7-12(14(19)11-5-3-2-4-6-11)15(21)18-16-17-9-10-22-16/h2-6,9-10,12,14H,7-8H2,1H3,(H,17,18,21)/t12-,14-/m0/s1. The lowest BCUT2D eigenvalue weighted by Crippen LogP contribution is -2.44. The molecule has 2 heterocycles. The molecule has 22 heavy (non-hydrogen) atoms. The zero-order valence-electron chi connectivity index (χ0n) is 12.2. The summed E-state index contributed by atoms with van der Waals surface area (Å²) in [6.45, 7) is 0. The molecule has 1 fully saturated rings. The minimum Gasteiger partial charge on any atom is -0.338 e. The number of benzene rings is 1. The van der Waals surface area contributed by atoms with Gasteiger partial charge in [0.1, 0.15) is 0 Å². The average molecular weight is 315 g/mol. The molecule has 5 nitrogen and oxygen atoms in total. The third-order valence-corrected chi connectivity index (χ3v) is 4.69. The van der Waals surface area contributed by atoms with E-state index < -0.39 is 0 Å². The molecule has 2 atom stereocenters. The van der Waals surface area contributed by atoms with Crippen LogP contribution in [0.15, 0.2) is 41.9 Å². The lowest BCUT2D eigenvalue weighted by atomic mass is 9.84. The first-order valence-corrected chi connectivity index (χ1v) is 8.06. The molecule has 2 amide bonds. The van der Waals surface area contributed by atoms with Crippen LogP contribution < -0.4 is 5.32 Å². The number of likely N-dealkylation sites (tertiary alicyclic amines) is 1. The number of aromatic nitrogens is 1. The Balaban J connectivity index is 1.87. The summed E-state index contributed by atoms with van der Waals surface area (Å²) in [5.41, 5.74) is 0.984. The molecule has 0 spiro atoms. The highest BCUT2D eigenvalue weighted by Gasteiger charge is 2.38. The Morgan fingerprint density at radius 3 is 2.82 bits per heavy atom. The van der Waals surface area contributed by atoms with Gasteiger partial charge in [-0.05, 0) is 12.0 Å². The molecule has 0 aliphatic carbocycles. The number of carbonyl (C=O) groups is 2. The predicted molar refractivity (Wildman–Crippen MR) is 85.4 cm³/mol. The van der Waals surface area contributed by atoms with E-state index in [-0.39, 0.29) is 23.8 Å². The molecular weight excluding hydrogens is 298 g/mol. The van der Waals surface area contributed by atoms with Gasteiger partial charge in [-0.15, -0.1) is 11.3 Å². The van der Waals surface area contributed by atoms with Crippen LogP contribution in [0.1, 0.15) is 24.4 Å². The minimum absolute atomic E-state index is 0.0761. The fourth-order valence-corrected chi connectivity index (χ4v) is 3.43. The maximum absolute atomic E-state index is 12.6. The van der Waals surface area contributed by atoms with Gasteiger partial charge in [-0.3, -0.25) is 9.59 Å². The highest BCUT2D eigenvalue weighted by atomic mass is 32.1. The van der Waals surface area contributed by atoms with Crippen LogP contribution in [0.5, 0.6) is 0 Å². The molecule has 2 aromatic rings. The number of piperidine rings is 1. The Morgan fingerprint density at radius 1 is 1.36 bits per heavy atom. The van der Waals surface area contributed by atoms with Crippen molar-refractivity contribution in [1.82, 2.24) is 9.88 Å². The van der Waals surface area contributed by atoms with Crippen LogP contribution in [-0.4, -0.2) is 28.7 Å². The van der Waals surface area contributed by atoms with E-state index in [0.717, 1.165) is 5.56 Å². The fourth-order valence-electron chi connectivity index (χ4n) is 2.90. The number of hydrogen-bond acceptors (Lipinski definition) is 4. The number of thiazole rings is 1. The van der Waals surface area contributed by atoms with E-state index in [1.807, 2.05) is 35.7 Å². The SMILES string of the molecule is CN1C(=O)CC[C@H](C(=O)Nc2nccs2)[C@@H]1c1ccccc1. The van der Waals surface area contributed by atoms with Crippen molar-refractivity contribution in [2.24, 2.45) is 5.92 Å². The molecule has 1 N–H and O–H groups in total. The Bertz CT molecular complexity index is 657. The maximum atomic E-state index is 12.6. The third kappa shape index (κ3) is 2.87. The molecule has 3 rings (SSSR count). The zero-order valence-corrected chi connectivity index (χ0v) is 13.0. The molecule has 114 valence electrons. The number of nitrogens with zero attached hydrogens (tertiary/aromatic N) is 2. The number of hydrogen-bond donors (Lipinski definition) is 1. The van der Waals surface area contributed by atoms with Crippen molar-refractivity contribution >= 4 is 28.3 Å². The van der Waals surface area contributed by atoms with Crippen LogP contribution in [-0.2, 0) is 9.59 Å². The van der Waals surface area contributed by atoms with Gasteiger partial charge in [-0.1, -0.05) is 30.3 Å². The second kappa shape index (κ2) is 6.27. The van der Waals surface area contributed by atoms with Crippen molar-refractivity contribution in [3.63, 3.8) is 0 Å². The first-order chi connectivity index (χ1) is 10.7. The van der Waals surface area contributed by atoms with E-state index >= 15 is 0 Å². The van der Waals surface area contributed by atoms with E-state index in [4.69, 9.17) is 0 Å². The second-order valence-corrected chi connectivity index (χ2v) is 6.23. The van der Waals surface area contributed by atoms with Crippen LogP contribution in [0.4, 0.5) is 5.13 Å². The van der Waals surface area contributed by atoms with E-state index in [1.54, 1.807) is 18.1 Å². The molecule has 1 aliphatic rings. The minimum atomic E-state index is -0.269. The first kappa shape index (κ1) is 14.7. The highest BCUT2D eigenvalue weighted by Crippen LogP contribution is 2.36. The van der Waals surface area contributed by atoms with Gasteiger partial charge in [-0.25, -0.2) is 4.98 Å². The summed E-state index contributed by atoms with van der Waals surface area (Å²) in [4.78, 5) is 30.4. The van der Waals surface area contributed by atoms with Crippen molar-refractivity contribution in [2.45, 2.75) is 18.9 Å². The number of carbonyl (C=O) groups excluding carboxylic acids is 2. The Hall–Kier alpha value is -2.21. The van der Waals surface area contributed by atoms with Crippen molar-refractivity contribution in [3.05, 3.63) is 47.5 Å². The molecule has 0 saturated carbocycles. The summed E-state index contributed by atoms with van der Waals surface area (Å²) < 4.78 is 0. The Labute approximate surface area is 133 Å². The molecule has 1 aliphatic heterocycles. The molecule has 6 heteroatoms. The van der Waals surface area contributed by atoms with E-state index in [1.165, 1.54) is 11.3 Å². The monoisotopic (exact) mass is 315 g/mol. The zero-order chi connectivity index (χ0) is 15.5. The summed E-state index contributed by atoms with van der Waals surface area (Å²) >= 11 is 1.39. The molecular formula is C16H17N3O2S. The van der Waals surface area contributed by atoms with Gasteiger partial charge in [0.05, 0.1) is 12.0 Å². The van der Waals surface area contributed by atoms with Gasteiger partial charge in [0.15, 0.2) is 5.13 Å². The third-order valence-electron chi connectivity index (χ3n) is 4.00. The van der Waals surface area contributed by atoms with Gasteiger partial charge in [-0.2, -0.15) is 0 Å². The maximum Gasteiger partial charge on any atom is 0.231 e. The summed E-state index contributed by atoms with van der Waals surface area (Å²) in [5.74, 6) is -0.274. The van der Waals surface area contributed by atoms with Gasteiger partial charge in [0.2, 0.25) is 11.8 Å². The van der Waals surface area contributed by atoms with E-state index in [2.05, 4.69) is 10.3 Å². The van der Waals surface area contributed by atoms with Gasteiger partial charge in [0, 0.05) is 25.0 Å². The highest BCUT2D eigenvalue weighted by molar-refractivity contribution is 7.13. The quantitative estimate of drug-likeness (QED) is 0.947. The molecule has 0 bridgehead atoms. The fraction of sp³-hybridized carbons (Fsp3) is 0.312. The van der Waals surface area contributed by atoms with Crippen LogP contribution in [0.2, 0.25) is 0 Å². The van der Waals surface area contributed by atoms with Crippen molar-refractivity contribution < 1.29 is 9.59 Å². The van der Waals surface area contributed by atoms with Crippen LogP contribution in [0.25, 0.3) is 0 Å². The normalized spacial score (nSPS) is 21.7. The van der Waals surface area contributed by atoms with Crippen LogP contribution in [0.3, 0.4) is 0 Å². The summed E-state index contributed by atoms with van der Waals surface area (Å²) in [6, 6.07) is 9.48. The lowest BCUT2D eigenvalue weighted by molar-refractivity contribution is -0.140. The molecule has 0 radical (unpaired) electrons. The largest absolute Gasteiger partial charge is 0.338 e. The number of amides is 2. The lowest BCUT2D eigenvalue weighted by Gasteiger charge is -2.38. The predicted octanol–water partition coefficient (Wildman–Crippen LogP) is 2.69. The molecule has 1 aromatic carbocycles.